The minimum absolute atomic E-state index is 0.0801. The van der Waals surface area contributed by atoms with Gasteiger partial charge in [-0.15, -0.1) is 5.10 Å². The molecule has 3 rings (SSSR count). The van der Waals surface area contributed by atoms with Gasteiger partial charge in [0.25, 0.3) is 11.8 Å². The number of fused-ring (bicyclic) bond motifs is 1. The van der Waals surface area contributed by atoms with Gasteiger partial charge in [0.05, 0.1) is 19.2 Å². The number of urea groups is 1. The number of aliphatic hydroxyl groups excluding tert-OH is 1. The zero-order valence-electron chi connectivity index (χ0n) is 16.0. The van der Waals surface area contributed by atoms with E-state index in [-0.39, 0.29) is 17.4 Å². The van der Waals surface area contributed by atoms with Gasteiger partial charge in [-0.3, -0.25) is 5.32 Å². The summed E-state index contributed by atoms with van der Waals surface area (Å²) in [6.07, 6.45) is 2.96. The summed E-state index contributed by atoms with van der Waals surface area (Å²) in [5, 5.41) is 16.8. The van der Waals surface area contributed by atoms with E-state index in [0.717, 1.165) is 0 Å². The second-order valence-corrected chi connectivity index (χ2v) is 6.25. The zero-order valence-corrected chi connectivity index (χ0v) is 16.0. The molecule has 0 spiro atoms. The summed E-state index contributed by atoms with van der Waals surface area (Å²) < 4.78 is 62.0. The van der Waals surface area contributed by atoms with Crippen LogP contribution in [0.3, 0.4) is 0 Å². The first-order valence-electron chi connectivity index (χ1n) is 8.73. The Bertz CT molecular complexity index is 1080. The lowest BCUT2D eigenvalue weighted by Gasteiger charge is -2.13. The maximum absolute atomic E-state index is 13.0. The molecule has 0 aromatic carbocycles. The number of hydrogen-bond donors (Lipinski definition) is 3. The van der Waals surface area contributed by atoms with Gasteiger partial charge in [0.1, 0.15) is 6.61 Å². The summed E-state index contributed by atoms with van der Waals surface area (Å²) in [5.74, 6) is -3.69. The maximum atomic E-state index is 13.0. The van der Waals surface area contributed by atoms with E-state index in [0.29, 0.717) is 16.6 Å². The SMILES string of the molecule is COc1ncc(-c2ccn3nc(NC(=O)NCC(F)(F)CO)cc3c2)cc1OC(F)F. The molecule has 0 aliphatic rings. The fraction of sp³-hybridized carbons (Fsp3) is 0.278. The molecule has 3 aromatic rings. The minimum Gasteiger partial charge on any atom is -0.478 e. The smallest absolute Gasteiger partial charge is 0.387 e. The zero-order chi connectivity index (χ0) is 22.6. The third-order valence-electron chi connectivity index (χ3n) is 4.00. The van der Waals surface area contributed by atoms with Crippen LogP contribution >= 0.6 is 0 Å². The van der Waals surface area contributed by atoms with Gasteiger partial charge in [0.2, 0.25) is 0 Å². The van der Waals surface area contributed by atoms with Crippen molar-refractivity contribution in [3.05, 3.63) is 36.7 Å². The van der Waals surface area contributed by atoms with Crippen LogP contribution in [0.15, 0.2) is 36.7 Å². The minimum atomic E-state index is -3.44. The number of aliphatic hydroxyl groups is 1. The predicted molar refractivity (Wildman–Crippen MR) is 101 cm³/mol. The largest absolute Gasteiger partial charge is 0.478 e. The summed E-state index contributed by atoms with van der Waals surface area (Å²) in [4.78, 5) is 15.7. The van der Waals surface area contributed by atoms with E-state index >= 15 is 0 Å². The molecule has 0 radical (unpaired) electrons. The highest BCUT2D eigenvalue weighted by Gasteiger charge is 2.28. The van der Waals surface area contributed by atoms with E-state index in [1.54, 1.807) is 18.3 Å². The number of anilines is 1. The highest BCUT2D eigenvalue weighted by atomic mass is 19.3. The predicted octanol–water partition coefficient (Wildman–Crippen LogP) is 2.76. The molecule has 9 nitrogen and oxygen atoms in total. The number of aromatic nitrogens is 3. The number of hydrogen-bond acceptors (Lipinski definition) is 6. The van der Waals surface area contributed by atoms with Crippen LogP contribution in [0.4, 0.5) is 28.2 Å². The Hall–Kier alpha value is -3.61. The first-order valence-corrected chi connectivity index (χ1v) is 8.73. The Labute approximate surface area is 172 Å². The molecule has 0 bridgehead atoms. The molecule has 0 aliphatic carbocycles. The van der Waals surface area contributed by atoms with Gasteiger partial charge >= 0.3 is 12.6 Å². The van der Waals surface area contributed by atoms with Crippen LogP contribution in [0, 0.1) is 0 Å². The van der Waals surface area contributed by atoms with Crippen molar-refractivity contribution in [2.24, 2.45) is 0 Å². The monoisotopic (exact) mass is 443 g/mol. The van der Waals surface area contributed by atoms with Crippen molar-refractivity contribution in [3.63, 3.8) is 0 Å². The molecule has 0 saturated heterocycles. The van der Waals surface area contributed by atoms with Crippen molar-refractivity contribution in [3.8, 4) is 22.8 Å². The van der Waals surface area contributed by atoms with Crippen molar-refractivity contribution in [1.29, 1.82) is 0 Å². The van der Waals surface area contributed by atoms with E-state index in [2.05, 4.69) is 20.1 Å². The van der Waals surface area contributed by atoms with Crippen LogP contribution < -0.4 is 20.1 Å². The normalized spacial score (nSPS) is 11.6. The number of nitrogens with one attached hydrogen (secondary N) is 2. The molecule has 3 N–H and O–H groups in total. The lowest BCUT2D eigenvalue weighted by Crippen LogP contribution is -2.40. The second-order valence-electron chi connectivity index (χ2n) is 6.25. The van der Waals surface area contributed by atoms with E-state index in [1.165, 1.54) is 30.0 Å². The summed E-state index contributed by atoms with van der Waals surface area (Å²) in [7, 11) is 1.27. The molecule has 31 heavy (non-hydrogen) atoms. The summed E-state index contributed by atoms with van der Waals surface area (Å²) in [5.41, 5.74) is 1.56. The van der Waals surface area contributed by atoms with E-state index in [9.17, 15) is 22.4 Å². The van der Waals surface area contributed by atoms with Crippen molar-refractivity contribution < 1.29 is 36.9 Å². The fourth-order valence-electron chi connectivity index (χ4n) is 2.58. The van der Waals surface area contributed by atoms with Crippen molar-refractivity contribution >= 4 is 17.4 Å². The Morgan fingerprint density at radius 2 is 2.06 bits per heavy atom. The number of alkyl halides is 4. The molecule has 3 aromatic heterocycles. The van der Waals surface area contributed by atoms with Gasteiger partial charge in [-0.1, -0.05) is 0 Å². The van der Waals surface area contributed by atoms with Crippen LogP contribution in [-0.2, 0) is 0 Å². The molecule has 0 aliphatic heterocycles. The number of pyridine rings is 2. The first kappa shape index (κ1) is 22.1. The number of rotatable bonds is 8. The van der Waals surface area contributed by atoms with Crippen LogP contribution in [-0.4, -0.2) is 58.5 Å². The molecule has 0 atom stereocenters. The van der Waals surface area contributed by atoms with Gasteiger partial charge in [0.15, 0.2) is 11.6 Å². The van der Waals surface area contributed by atoms with Gasteiger partial charge in [-0.05, 0) is 23.8 Å². The number of methoxy groups -OCH3 is 1. The topological polar surface area (TPSA) is 110 Å². The molecule has 166 valence electrons. The first-order chi connectivity index (χ1) is 14.7. The summed E-state index contributed by atoms with van der Waals surface area (Å²) in [6.45, 7) is -5.49. The van der Waals surface area contributed by atoms with Crippen LogP contribution in [0.5, 0.6) is 11.6 Å². The Morgan fingerprint density at radius 3 is 2.74 bits per heavy atom. The van der Waals surface area contributed by atoms with E-state index < -0.39 is 31.7 Å². The molecule has 0 fully saturated rings. The Morgan fingerprint density at radius 1 is 1.29 bits per heavy atom. The molecule has 0 saturated carbocycles. The van der Waals surface area contributed by atoms with Gasteiger partial charge in [-0.2, -0.15) is 8.78 Å². The maximum Gasteiger partial charge on any atom is 0.387 e. The summed E-state index contributed by atoms with van der Waals surface area (Å²) in [6, 6.07) is 5.16. The van der Waals surface area contributed by atoms with Crippen LogP contribution in [0.1, 0.15) is 0 Å². The van der Waals surface area contributed by atoms with Crippen molar-refractivity contribution in [2.45, 2.75) is 12.5 Å². The average Bonchev–Trinajstić information content (AvgIpc) is 3.13. The highest BCUT2D eigenvalue weighted by molar-refractivity contribution is 5.89. The van der Waals surface area contributed by atoms with Crippen molar-refractivity contribution in [1.82, 2.24) is 19.9 Å². The van der Waals surface area contributed by atoms with Crippen LogP contribution in [0.25, 0.3) is 16.6 Å². The quantitative estimate of drug-likeness (QED) is 0.462. The van der Waals surface area contributed by atoms with E-state index in [1.807, 2.05) is 5.32 Å². The standard InChI is InChI=1S/C18H17F4N5O4/c1-30-15-13(31-16(19)20)5-11(7-23-15)10-2-3-27-12(4-10)6-14(26-27)25-17(29)24-8-18(21,22)9-28/h2-7,16,28H,8-9H2,1H3,(H2,24,25,26,29). The summed E-state index contributed by atoms with van der Waals surface area (Å²) >= 11 is 0. The van der Waals surface area contributed by atoms with Gasteiger partial charge in [-0.25, -0.2) is 23.1 Å². The van der Waals surface area contributed by atoms with Crippen LogP contribution in [0.2, 0.25) is 0 Å². The van der Waals surface area contributed by atoms with E-state index in [4.69, 9.17) is 9.84 Å². The van der Waals surface area contributed by atoms with Gasteiger partial charge < -0.3 is 19.9 Å². The second kappa shape index (κ2) is 9.04. The average molecular weight is 443 g/mol. The molecular formula is C18H17F4N5O4. The molecular weight excluding hydrogens is 426 g/mol. The molecule has 3 heterocycles. The Kier molecular flexibility index (Phi) is 6.44. The number of carbonyl (C=O) groups is 1. The number of ether oxygens (including phenoxy) is 2. The number of carbonyl (C=O) groups excluding carboxylic acids is 1. The highest BCUT2D eigenvalue weighted by Crippen LogP contribution is 2.31. The fourth-order valence-corrected chi connectivity index (χ4v) is 2.58. The lowest BCUT2D eigenvalue weighted by molar-refractivity contribution is -0.0515. The third kappa shape index (κ3) is 5.51. The molecule has 0 unspecified atom stereocenters. The number of nitrogens with zero attached hydrogens (tertiary/aromatic N) is 3. The van der Waals surface area contributed by atoms with Gasteiger partial charge in [0, 0.05) is 24.0 Å². The third-order valence-corrected chi connectivity index (χ3v) is 4.00. The van der Waals surface area contributed by atoms with Crippen molar-refractivity contribution in [2.75, 3.05) is 25.6 Å². The Balaban J connectivity index is 1.79. The molecule has 13 heteroatoms. The lowest BCUT2D eigenvalue weighted by atomic mass is 10.1. The molecule has 2 amide bonds. The number of halogens is 4. The number of amides is 2.